The van der Waals surface area contributed by atoms with E-state index in [1.54, 1.807) is 12.3 Å². The molecule has 0 saturated heterocycles. The predicted molar refractivity (Wildman–Crippen MR) is 44.7 cm³/mol. The number of aryl methyl sites for hydroxylation is 1. The summed E-state index contributed by atoms with van der Waals surface area (Å²) in [7, 11) is 0. The lowest BCUT2D eigenvalue weighted by molar-refractivity contribution is 0.0699. The Hall–Kier alpha value is -1.91. The highest BCUT2D eigenvalue weighted by atomic mass is 16.4. The van der Waals surface area contributed by atoms with Crippen molar-refractivity contribution in [2.45, 2.75) is 6.92 Å². The average Bonchev–Trinajstić information content (AvgIpc) is 2.46. The third-order valence-electron chi connectivity index (χ3n) is 1.75. The third-order valence-corrected chi connectivity index (χ3v) is 1.75. The highest BCUT2D eigenvalue weighted by molar-refractivity contribution is 5.95. The average molecular weight is 177 g/mol. The minimum Gasteiger partial charge on any atom is -0.478 e. The van der Waals surface area contributed by atoms with Crippen molar-refractivity contribution in [2.75, 3.05) is 0 Å². The van der Waals surface area contributed by atoms with Gasteiger partial charge in [-0.1, -0.05) is 0 Å². The lowest BCUT2D eigenvalue weighted by atomic mass is 10.2. The SMILES string of the molecule is Cc1cnn2ncc(C(=O)O)c2c1. The van der Waals surface area contributed by atoms with Gasteiger partial charge in [0.15, 0.2) is 0 Å². The monoisotopic (exact) mass is 177 g/mol. The minimum absolute atomic E-state index is 0.177. The van der Waals surface area contributed by atoms with Crippen LogP contribution in [0.1, 0.15) is 15.9 Å². The van der Waals surface area contributed by atoms with Crippen LogP contribution in [0, 0.1) is 6.92 Å². The summed E-state index contributed by atoms with van der Waals surface area (Å²) in [6.07, 6.45) is 2.93. The molecule has 0 radical (unpaired) electrons. The van der Waals surface area contributed by atoms with E-state index in [4.69, 9.17) is 5.11 Å². The van der Waals surface area contributed by atoms with Gasteiger partial charge in [-0.3, -0.25) is 0 Å². The molecule has 13 heavy (non-hydrogen) atoms. The Morgan fingerprint density at radius 3 is 2.85 bits per heavy atom. The Kier molecular flexibility index (Phi) is 1.51. The van der Waals surface area contributed by atoms with Crippen LogP contribution in [0.4, 0.5) is 0 Å². The highest BCUT2D eigenvalue weighted by Gasteiger charge is 2.10. The summed E-state index contributed by atoms with van der Waals surface area (Å²) in [5, 5.41) is 16.5. The van der Waals surface area contributed by atoms with Gasteiger partial charge in [0.05, 0.1) is 12.4 Å². The second-order valence-electron chi connectivity index (χ2n) is 2.77. The predicted octanol–water partition coefficient (Wildman–Crippen LogP) is 0.736. The molecule has 0 amide bonds. The molecule has 0 aromatic carbocycles. The largest absolute Gasteiger partial charge is 0.478 e. The number of nitrogens with zero attached hydrogens (tertiary/aromatic N) is 3. The van der Waals surface area contributed by atoms with Crippen LogP contribution >= 0.6 is 0 Å². The first kappa shape index (κ1) is 7.72. The van der Waals surface area contributed by atoms with Gasteiger partial charge in [-0.25, -0.2) is 4.79 Å². The molecule has 0 aliphatic rings. The number of carboxylic acids is 1. The molecule has 2 heterocycles. The fraction of sp³-hybridized carbons (Fsp3) is 0.125. The molecule has 0 aliphatic heterocycles. The zero-order valence-electron chi connectivity index (χ0n) is 6.93. The zero-order valence-corrected chi connectivity index (χ0v) is 6.93. The number of rotatable bonds is 1. The summed E-state index contributed by atoms with van der Waals surface area (Å²) in [6, 6.07) is 1.74. The molecule has 2 aromatic rings. The van der Waals surface area contributed by atoms with Crippen LogP contribution in [0.15, 0.2) is 18.5 Å². The van der Waals surface area contributed by atoms with E-state index >= 15 is 0 Å². The molecular formula is C8H7N3O2. The van der Waals surface area contributed by atoms with Crippen molar-refractivity contribution in [1.29, 1.82) is 0 Å². The molecule has 2 rings (SSSR count). The van der Waals surface area contributed by atoms with Crippen LogP contribution in [-0.4, -0.2) is 25.9 Å². The lowest BCUT2D eigenvalue weighted by Crippen LogP contribution is -1.97. The van der Waals surface area contributed by atoms with Crippen molar-refractivity contribution in [2.24, 2.45) is 0 Å². The maximum Gasteiger partial charge on any atom is 0.339 e. The van der Waals surface area contributed by atoms with Crippen molar-refractivity contribution in [3.8, 4) is 0 Å². The van der Waals surface area contributed by atoms with Crippen LogP contribution in [0.25, 0.3) is 5.52 Å². The Morgan fingerprint density at radius 2 is 2.15 bits per heavy atom. The first-order valence-electron chi connectivity index (χ1n) is 3.72. The van der Waals surface area contributed by atoms with Gasteiger partial charge in [-0.2, -0.15) is 14.8 Å². The van der Waals surface area contributed by atoms with Gasteiger partial charge in [-0.15, -0.1) is 0 Å². The number of hydrogen-bond donors (Lipinski definition) is 1. The van der Waals surface area contributed by atoms with Crippen molar-refractivity contribution < 1.29 is 9.90 Å². The second kappa shape index (κ2) is 2.55. The van der Waals surface area contributed by atoms with Crippen LogP contribution in [0.3, 0.4) is 0 Å². The van der Waals surface area contributed by atoms with Crippen molar-refractivity contribution >= 4 is 11.5 Å². The van der Waals surface area contributed by atoms with Gasteiger partial charge in [0.2, 0.25) is 0 Å². The Bertz CT molecular complexity index is 475. The van der Waals surface area contributed by atoms with Crippen molar-refractivity contribution in [3.63, 3.8) is 0 Å². The van der Waals surface area contributed by atoms with Crippen LogP contribution in [-0.2, 0) is 0 Å². The number of hydrogen-bond acceptors (Lipinski definition) is 3. The molecule has 0 fully saturated rings. The fourth-order valence-electron chi connectivity index (χ4n) is 1.14. The van der Waals surface area contributed by atoms with E-state index in [0.29, 0.717) is 5.52 Å². The summed E-state index contributed by atoms with van der Waals surface area (Å²) in [5.74, 6) is -0.984. The number of carboxylic acid groups (broad SMARTS) is 1. The second-order valence-corrected chi connectivity index (χ2v) is 2.77. The maximum absolute atomic E-state index is 10.7. The standard InChI is InChI=1S/C8H7N3O2/c1-5-2-7-6(8(12)13)4-10-11(7)9-3-5/h2-4H,1H3,(H,12,13). The molecule has 1 N–H and O–H groups in total. The van der Waals surface area contributed by atoms with E-state index in [2.05, 4.69) is 10.2 Å². The lowest BCUT2D eigenvalue weighted by Gasteiger charge is -1.94. The van der Waals surface area contributed by atoms with E-state index < -0.39 is 5.97 Å². The molecule has 0 atom stereocenters. The van der Waals surface area contributed by atoms with E-state index in [9.17, 15) is 4.79 Å². The van der Waals surface area contributed by atoms with Gasteiger partial charge in [0.25, 0.3) is 0 Å². The first-order valence-corrected chi connectivity index (χ1v) is 3.72. The summed E-state index contributed by atoms with van der Waals surface area (Å²) in [4.78, 5) is 10.7. The molecule has 2 aromatic heterocycles. The summed E-state index contributed by atoms with van der Waals surface area (Å²) >= 11 is 0. The molecule has 66 valence electrons. The molecular weight excluding hydrogens is 170 g/mol. The normalized spacial score (nSPS) is 10.5. The highest BCUT2D eigenvalue weighted by Crippen LogP contribution is 2.10. The van der Waals surface area contributed by atoms with Crippen molar-refractivity contribution in [3.05, 3.63) is 29.6 Å². The summed E-state index contributed by atoms with van der Waals surface area (Å²) in [6.45, 7) is 1.85. The van der Waals surface area contributed by atoms with Gasteiger partial charge < -0.3 is 5.11 Å². The topological polar surface area (TPSA) is 67.5 Å². The molecule has 0 spiro atoms. The number of fused-ring (bicyclic) bond motifs is 1. The number of aromatic nitrogens is 3. The maximum atomic E-state index is 10.7. The van der Waals surface area contributed by atoms with Crippen LogP contribution in [0.5, 0.6) is 0 Å². The van der Waals surface area contributed by atoms with E-state index in [1.165, 1.54) is 10.8 Å². The van der Waals surface area contributed by atoms with E-state index in [-0.39, 0.29) is 5.56 Å². The fourth-order valence-corrected chi connectivity index (χ4v) is 1.14. The zero-order chi connectivity index (χ0) is 9.42. The molecule has 0 bridgehead atoms. The minimum atomic E-state index is -0.984. The quantitative estimate of drug-likeness (QED) is 0.697. The first-order chi connectivity index (χ1) is 6.18. The van der Waals surface area contributed by atoms with E-state index in [0.717, 1.165) is 5.56 Å². The van der Waals surface area contributed by atoms with Crippen molar-refractivity contribution in [1.82, 2.24) is 14.8 Å². The molecule has 0 aliphatic carbocycles. The molecule has 5 nitrogen and oxygen atoms in total. The Morgan fingerprint density at radius 1 is 1.46 bits per heavy atom. The van der Waals surface area contributed by atoms with Gasteiger partial charge >= 0.3 is 5.97 Å². The smallest absolute Gasteiger partial charge is 0.339 e. The van der Waals surface area contributed by atoms with Gasteiger partial charge in [0.1, 0.15) is 11.1 Å². The van der Waals surface area contributed by atoms with Crippen LogP contribution < -0.4 is 0 Å². The summed E-state index contributed by atoms with van der Waals surface area (Å²) in [5.41, 5.74) is 1.61. The third kappa shape index (κ3) is 1.14. The summed E-state index contributed by atoms with van der Waals surface area (Å²) < 4.78 is 1.30. The molecule has 5 heteroatoms. The number of aromatic carboxylic acids is 1. The van der Waals surface area contributed by atoms with Crippen LogP contribution in [0.2, 0.25) is 0 Å². The Labute approximate surface area is 73.6 Å². The van der Waals surface area contributed by atoms with E-state index in [1.807, 2.05) is 6.92 Å². The van der Waals surface area contributed by atoms with Gasteiger partial charge in [-0.05, 0) is 18.6 Å². The molecule has 0 saturated carbocycles. The molecule has 0 unspecified atom stereocenters. The Balaban J connectivity index is 2.79. The van der Waals surface area contributed by atoms with Gasteiger partial charge in [0, 0.05) is 0 Å². The number of carbonyl (C=O) groups is 1.